The van der Waals surface area contributed by atoms with E-state index >= 15 is 0 Å². The number of alkyl halides is 1. The number of likely N-dealkylation sites (tertiary alicyclic amines) is 1. The van der Waals surface area contributed by atoms with Gasteiger partial charge >= 0.3 is 6.01 Å². The Morgan fingerprint density at radius 2 is 2.11 bits per heavy atom. The number of piperidine rings is 1. The highest BCUT2D eigenvalue weighted by molar-refractivity contribution is 5.94. The lowest BCUT2D eigenvalue weighted by Gasteiger charge is -2.43. The molecule has 192 valence electrons. The molecule has 36 heavy (non-hydrogen) atoms. The molecule has 5 heterocycles. The van der Waals surface area contributed by atoms with Crippen LogP contribution >= 0.6 is 0 Å². The zero-order valence-corrected chi connectivity index (χ0v) is 20.6. The first-order valence-electron chi connectivity index (χ1n) is 12.3. The summed E-state index contributed by atoms with van der Waals surface area (Å²) in [5, 5.41) is 1.16. The molecular formula is C25H32FN7O3. The number of aromatic nitrogens is 4. The van der Waals surface area contributed by atoms with Crippen LogP contribution in [0.3, 0.4) is 0 Å². The van der Waals surface area contributed by atoms with E-state index in [4.69, 9.17) is 15.2 Å². The van der Waals surface area contributed by atoms with Gasteiger partial charge in [0, 0.05) is 50.6 Å². The van der Waals surface area contributed by atoms with E-state index in [0.717, 1.165) is 37.0 Å². The third-order valence-corrected chi connectivity index (χ3v) is 6.96. The Labute approximate surface area is 209 Å². The number of H-pyrrole nitrogens is 1. The minimum absolute atomic E-state index is 0.0389. The standard InChI is InChI=1S/C25H32FN7O3/c1-16(12-35-2)36-24-30-20(23(34)33-14-25(26,13-27)15-33)10-21(31-24)32-8-5-17(6-9-32)19-11-29-22-18(19)4-3-7-28-22/h3-4,7,10-11,16-17H,5-6,8-9,12-15,27H2,1-2H3,(H,28,29)/t16-/m1/s1. The summed E-state index contributed by atoms with van der Waals surface area (Å²) in [4.78, 5) is 33.3. The zero-order valence-electron chi connectivity index (χ0n) is 20.6. The van der Waals surface area contributed by atoms with Gasteiger partial charge in [-0.15, -0.1) is 0 Å². The number of rotatable bonds is 8. The van der Waals surface area contributed by atoms with Crippen molar-refractivity contribution < 1.29 is 18.7 Å². The maximum atomic E-state index is 14.3. The molecular weight excluding hydrogens is 465 g/mol. The van der Waals surface area contributed by atoms with Crippen molar-refractivity contribution in [2.45, 2.75) is 37.5 Å². The Morgan fingerprint density at radius 3 is 2.83 bits per heavy atom. The van der Waals surface area contributed by atoms with E-state index in [1.54, 1.807) is 19.4 Å². The second kappa shape index (κ2) is 9.98. The van der Waals surface area contributed by atoms with Crippen LogP contribution in [0.5, 0.6) is 6.01 Å². The van der Waals surface area contributed by atoms with Gasteiger partial charge in [-0.2, -0.15) is 9.97 Å². The number of nitrogens with zero attached hydrogens (tertiary/aromatic N) is 5. The minimum Gasteiger partial charge on any atom is -0.458 e. The number of hydrogen-bond acceptors (Lipinski definition) is 8. The summed E-state index contributed by atoms with van der Waals surface area (Å²) in [6, 6.07) is 5.84. The molecule has 11 heteroatoms. The smallest absolute Gasteiger partial charge is 0.319 e. The summed E-state index contributed by atoms with van der Waals surface area (Å²) in [5.74, 6) is 0.665. The summed E-state index contributed by atoms with van der Waals surface area (Å²) in [6.07, 6.45) is 5.41. The van der Waals surface area contributed by atoms with E-state index < -0.39 is 5.67 Å². The number of nitrogens with one attached hydrogen (secondary N) is 1. The summed E-state index contributed by atoms with van der Waals surface area (Å²) in [5.41, 5.74) is 6.33. The molecule has 5 rings (SSSR count). The number of halogens is 1. The molecule has 0 aromatic carbocycles. The molecule has 0 radical (unpaired) electrons. The van der Waals surface area contributed by atoms with Crippen molar-refractivity contribution in [2.24, 2.45) is 5.73 Å². The third kappa shape index (κ3) is 4.85. The highest BCUT2D eigenvalue weighted by atomic mass is 19.1. The zero-order chi connectivity index (χ0) is 25.3. The van der Waals surface area contributed by atoms with Gasteiger partial charge < -0.3 is 30.0 Å². The molecule has 2 aliphatic rings. The number of methoxy groups -OCH3 is 1. The van der Waals surface area contributed by atoms with Crippen molar-refractivity contribution in [2.75, 3.05) is 51.3 Å². The van der Waals surface area contributed by atoms with E-state index in [2.05, 4.69) is 37.1 Å². The maximum Gasteiger partial charge on any atom is 0.319 e. The van der Waals surface area contributed by atoms with Crippen molar-refractivity contribution in [3.63, 3.8) is 0 Å². The maximum absolute atomic E-state index is 14.3. The molecule has 0 spiro atoms. The van der Waals surface area contributed by atoms with Gasteiger partial charge in [0.2, 0.25) is 0 Å². The largest absolute Gasteiger partial charge is 0.458 e. The molecule has 3 aromatic rings. The highest BCUT2D eigenvalue weighted by Gasteiger charge is 2.45. The highest BCUT2D eigenvalue weighted by Crippen LogP contribution is 2.34. The van der Waals surface area contributed by atoms with Crippen LogP contribution in [-0.2, 0) is 4.74 Å². The number of carbonyl (C=O) groups excluding carboxylic acids is 1. The quantitative estimate of drug-likeness (QED) is 0.486. The first-order valence-corrected chi connectivity index (χ1v) is 12.3. The minimum atomic E-state index is -1.53. The van der Waals surface area contributed by atoms with Crippen molar-refractivity contribution in [1.29, 1.82) is 0 Å². The van der Waals surface area contributed by atoms with Crippen LogP contribution in [0.4, 0.5) is 10.2 Å². The van der Waals surface area contributed by atoms with Gasteiger partial charge in [-0.25, -0.2) is 9.37 Å². The summed E-state index contributed by atoms with van der Waals surface area (Å²) < 4.78 is 25.3. The second-order valence-corrected chi connectivity index (χ2v) is 9.70. The Kier molecular flexibility index (Phi) is 6.76. The van der Waals surface area contributed by atoms with Gasteiger partial charge in [0.15, 0.2) is 5.67 Å². The number of anilines is 1. The Bertz CT molecular complexity index is 1220. The Morgan fingerprint density at radius 1 is 1.33 bits per heavy atom. The van der Waals surface area contributed by atoms with Crippen molar-refractivity contribution in [3.05, 3.63) is 41.9 Å². The van der Waals surface area contributed by atoms with Crippen LogP contribution in [0.1, 0.15) is 41.7 Å². The Balaban J connectivity index is 1.34. The molecule has 0 saturated carbocycles. The fourth-order valence-electron chi connectivity index (χ4n) is 4.99. The van der Waals surface area contributed by atoms with E-state index in [0.29, 0.717) is 18.3 Å². The molecule has 1 amide bonds. The van der Waals surface area contributed by atoms with Crippen molar-refractivity contribution >= 4 is 22.8 Å². The number of ether oxygens (including phenoxy) is 2. The molecule has 1 atom stereocenters. The van der Waals surface area contributed by atoms with Crippen LogP contribution in [0.25, 0.3) is 11.0 Å². The van der Waals surface area contributed by atoms with Crippen molar-refractivity contribution in [3.8, 4) is 6.01 Å². The summed E-state index contributed by atoms with van der Waals surface area (Å²) in [7, 11) is 1.59. The van der Waals surface area contributed by atoms with Crippen LogP contribution in [0, 0.1) is 0 Å². The van der Waals surface area contributed by atoms with Gasteiger partial charge in [0.05, 0.1) is 19.7 Å². The van der Waals surface area contributed by atoms with E-state index in [-0.39, 0.29) is 43.3 Å². The van der Waals surface area contributed by atoms with Gasteiger partial charge in [-0.1, -0.05) is 0 Å². The van der Waals surface area contributed by atoms with Gasteiger partial charge in [-0.05, 0) is 43.4 Å². The number of carbonyl (C=O) groups is 1. The average Bonchev–Trinajstić information content (AvgIpc) is 3.30. The molecule has 2 aliphatic heterocycles. The SMILES string of the molecule is COC[C@@H](C)Oc1nc(C(=O)N2CC(F)(CN)C2)cc(N2CCC(c3c[nH]c4ncccc34)CC2)n1. The summed E-state index contributed by atoms with van der Waals surface area (Å²) >= 11 is 0. The summed E-state index contributed by atoms with van der Waals surface area (Å²) in [6.45, 7) is 3.53. The number of pyridine rings is 1. The molecule has 0 unspecified atom stereocenters. The van der Waals surface area contributed by atoms with Gasteiger partial charge in [0.1, 0.15) is 23.3 Å². The molecule has 3 N–H and O–H groups in total. The number of hydrogen-bond donors (Lipinski definition) is 2. The van der Waals surface area contributed by atoms with Crippen LogP contribution in [0.2, 0.25) is 0 Å². The third-order valence-electron chi connectivity index (χ3n) is 6.96. The van der Waals surface area contributed by atoms with Crippen LogP contribution in [0.15, 0.2) is 30.6 Å². The number of nitrogens with two attached hydrogens (primary N) is 1. The van der Waals surface area contributed by atoms with E-state index in [9.17, 15) is 9.18 Å². The van der Waals surface area contributed by atoms with Gasteiger partial charge in [0.25, 0.3) is 5.91 Å². The van der Waals surface area contributed by atoms with E-state index in [1.165, 1.54) is 10.5 Å². The lowest BCUT2D eigenvalue weighted by molar-refractivity contribution is -0.0141. The molecule has 0 bridgehead atoms. The molecule has 2 saturated heterocycles. The fourth-order valence-corrected chi connectivity index (χ4v) is 4.99. The average molecular weight is 498 g/mol. The first kappa shape index (κ1) is 24.4. The predicted molar refractivity (Wildman–Crippen MR) is 133 cm³/mol. The molecule has 10 nitrogen and oxygen atoms in total. The lowest BCUT2D eigenvalue weighted by Crippen LogP contribution is -2.64. The number of fused-ring (bicyclic) bond motifs is 1. The molecule has 0 aliphatic carbocycles. The van der Waals surface area contributed by atoms with E-state index in [1.807, 2.05) is 13.0 Å². The fraction of sp³-hybridized carbons (Fsp3) is 0.520. The van der Waals surface area contributed by atoms with Crippen LogP contribution < -0.4 is 15.4 Å². The second-order valence-electron chi connectivity index (χ2n) is 9.70. The Hall–Kier alpha value is -3.31. The van der Waals surface area contributed by atoms with Crippen molar-refractivity contribution in [1.82, 2.24) is 24.8 Å². The normalized spacial score (nSPS) is 18.8. The topological polar surface area (TPSA) is 122 Å². The van der Waals surface area contributed by atoms with Gasteiger partial charge in [-0.3, -0.25) is 4.79 Å². The molecule has 3 aromatic heterocycles. The number of aromatic amines is 1. The van der Waals surface area contributed by atoms with Crippen LogP contribution in [-0.4, -0.2) is 89.0 Å². The first-order chi connectivity index (χ1) is 17.4. The number of amides is 1. The molecule has 2 fully saturated rings. The predicted octanol–water partition coefficient (Wildman–Crippen LogP) is 2.27. The monoisotopic (exact) mass is 497 g/mol. The lowest BCUT2D eigenvalue weighted by atomic mass is 9.89.